The Morgan fingerprint density at radius 1 is 1.58 bits per heavy atom. The summed E-state index contributed by atoms with van der Waals surface area (Å²) in [4.78, 5) is 10.4. The van der Waals surface area contributed by atoms with Gasteiger partial charge in [-0.2, -0.15) is 0 Å². The topological polar surface area (TPSA) is 46.5 Å². The number of halogens is 1. The maximum Gasteiger partial charge on any atom is 0.175 e. The molecule has 0 amide bonds. The number of carbonyl (C=O) groups excluding carboxylic acids is 1. The molecule has 0 aromatic heterocycles. The Hall–Kier alpha value is -1.03. The van der Waals surface area contributed by atoms with E-state index in [1.807, 2.05) is 0 Å². The molecule has 12 heavy (non-hydrogen) atoms. The van der Waals surface area contributed by atoms with Crippen molar-refractivity contribution in [3.05, 3.63) is 22.2 Å². The second-order valence-electron chi connectivity index (χ2n) is 2.14. The second kappa shape index (κ2) is 3.58. The minimum absolute atomic E-state index is 0.00924. The zero-order valence-electron chi connectivity index (χ0n) is 6.37. The molecular formula is C8H7BrO3. The Morgan fingerprint density at radius 2 is 2.25 bits per heavy atom. The molecule has 0 fully saturated rings. The number of rotatable bonds is 2. The van der Waals surface area contributed by atoms with Crippen LogP contribution in [0.1, 0.15) is 10.4 Å². The van der Waals surface area contributed by atoms with E-state index in [0.29, 0.717) is 16.3 Å². The number of phenolic OH excluding ortho intramolecular Hbond substituents is 1. The van der Waals surface area contributed by atoms with Crippen molar-refractivity contribution in [2.75, 3.05) is 7.11 Å². The van der Waals surface area contributed by atoms with Gasteiger partial charge in [-0.15, -0.1) is 0 Å². The predicted molar refractivity (Wildman–Crippen MR) is 47.7 cm³/mol. The molecule has 0 aliphatic heterocycles. The number of hydrogen-bond donors (Lipinski definition) is 1. The molecule has 0 spiro atoms. The fourth-order valence-electron chi connectivity index (χ4n) is 0.846. The van der Waals surface area contributed by atoms with Crippen LogP contribution in [-0.4, -0.2) is 18.5 Å². The van der Waals surface area contributed by atoms with E-state index in [9.17, 15) is 9.90 Å². The van der Waals surface area contributed by atoms with Gasteiger partial charge >= 0.3 is 0 Å². The van der Waals surface area contributed by atoms with E-state index in [1.54, 1.807) is 0 Å². The Labute approximate surface area is 78.1 Å². The molecule has 1 N–H and O–H groups in total. The van der Waals surface area contributed by atoms with Crippen molar-refractivity contribution >= 4 is 22.2 Å². The Balaban J connectivity index is 3.33. The molecule has 0 saturated carbocycles. The lowest BCUT2D eigenvalue weighted by Crippen LogP contribution is -1.89. The van der Waals surface area contributed by atoms with Gasteiger partial charge in [-0.05, 0) is 28.1 Å². The van der Waals surface area contributed by atoms with E-state index in [2.05, 4.69) is 15.9 Å². The van der Waals surface area contributed by atoms with Crippen molar-refractivity contribution in [1.82, 2.24) is 0 Å². The van der Waals surface area contributed by atoms with Crippen LogP contribution in [0.4, 0.5) is 0 Å². The summed E-state index contributed by atoms with van der Waals surface area (Å²) in [6.45, 7) is 0. The Kier molecular flexibility index (Phi) is 2.70. The van der Waals surface area contributed by atoms with Gasteiger partial charge in [0.15, 0.2) is 17.8 Å². The molecule has 1 aromatic carbocycles. The highest BCUT2D eigenvalue weighted by Gasteiger charge is 2.09. The molecule has 64 valence electrons. The predicted octanol–water partition coefficient (Wildman–Crippen LogP) is 1.98. The molecule has 1 rings (SSSR count). The van der Waals surface area contributed by atoms with Crippen LogP contribution in [0.3, 0.4) is 0 Å². The lowest BCUT2D eigenvalue weighted by Gasteiger charge is -2.06. The number of aromatic hydroxyl groups is 1. The van der Waals surface area contributed by atoms with Crippen LogP contribution in [0.15, 0.2) is 16.6 Å². The van der Waals surface area contributed by atoms with Crippen LogP contribution in [0.2, 0.25) is 0 Å². The molecule has 0 aliphatic carbocycles. The van der Waals surface area contributed by atoms with Crippen molar-refractivity contribution < 1.29 is 14.6 Å². The van der Waals surface area contributed by atoms with Crippen LogP contribution in [-0.2, 0) is 0 Å². The fraction of sp³-hybridized carbons (Fsp3) is 0.125. The van der Waals surface area contributed by atoms with Crippen molar-refractivity contribution in [1.29, 1.82) is 0 Å². The van der Waals surface area contributed by atoms with E-state index in [0.717, 1.165) is 0 Å². The van der Waals surface area contributed by atoms with Gasteiger partial charge in [0.1, 0.15) is 0 Å². The zero-order valence-corrected chi connectivity index (χ0v) is 7.96. The summed E-state index contributed by atoms with van der Waals surface area (Å²) < 4.78 is 5.33. The first-order chi connectivity index (χ1) is 5.70. The molecule has 0 unspecified atom stereocenters. The summed E-state index contributed by atoms with van der Waals surface area (Å²) in [5.41, 5.74) is 0.449. The van der Waals surface area contributed by atoms with Crippen molar-refractivity contribution in [2.24, 2.45) is 0 Å². The Bertz CT molecular complexity index is 309. The van der Waals surface area contributed by atoms with Gasteiger partial charge in [-0.1, -0.05) is 0 Å². The average Bonchev–Trinajstić information content (AvgIpc) is 2.06. The standard InChI is InChI=1S/C8H7BrO3/c1-12-8-6(11)3-2-5(4-10)7(8)9/h2-4,11H,1H3. The SMILES string of the molecule is COc1c(O)ccc(C=O)c1Br. The number of benzene rings is 1. The van der Waals surface area contributed by atoms with E-state index in [1.165, 1.54) is 19.2 Å². The highest BCUT2D eigenvalue weighted by Crippen LogP contribution is 2.35. The normalized spacial score (nSPS) is 9.50. The molecule has 0 saturated heterocycles. The molecule has 1 aromatic rings. The van der Waals surface area contributed by atoms with Crippen LogP contribution in [0.25, 0.3) is 0 Å². The molecule has 0 aliphatic rings. The summed E-state index contributed by atoms with van der Waals surface area (Å²) in [6, 6.07) is 2.92. The number of methoxy groups -OCH3 is 1. The largest absolute Gasteiger partial charge is 0.504 e. The van der Waals surface area contributed by atoms with Crippen molar-refractivity contribution in [2.45, 2.75) is 0 Å². The lowest BCUT2D eigenvalue weighted by atomic mass is 10.2. The van der Waals surface area contributed by atoms with Crippen LogP contribution < -0.4 is 4.74 Å². The third-order valence-electron chi connectivity index (χ3n) is 1.44. The summed E-state index contributed by atoms with van der Waals surface area (Å²) in [5, 5.41) is 9.24. The summed E-state index contributed by atoms with van der Waals surface area (Å²) in [6.07, 6.45) is 0.687. The average molecular weight is 231 g/mol. The van der Waals surface area contributed by atoms with Crippen molar-refractivity contribution in [3.63, 3.8) is 0 Å². The third kappa shape index (κ3) is 1.43. The van der Waals surface area contributed by atoms with E-state index in [-0.39, 0.29) is 11.5 Å². The van der Waals surface area contributed by atoms with Gasteiger partial charge in [0.2, 0.25) is 0 Å². The van der Waals surface area contributed by atoms with E-state index in [4.69, 9.17) is 4.74 Å². The minimum Gasteiger partial charge on any atom is -0.504 e. The molecule has 3 nitrogen and oxygen atoms in total. The molecule has 4 heteroatoms. The summed E-state index contributed by atoms with van der Waals surface area (Å²) >= 11 is 3.14. The van der Waals surface area contributed by atoms with Gasteiger partial charge in [-0.25, -0.2) is 0 Å². The number of hydrogen-bond acceptors (Lipinski definition) is 3. The van der Waals surface area contributed by atoms with Crippen molar-refractivity contribution in [3.8, 4) is 11.5 Å². The van der Waals surface area contributed by atoms with Gasteiger partial charge in [-0.3, -0.25) is 4.79 Å². The summed E-state index contributed by atoms with van der Waals surface area (Å²) in [5.74, 6) is 0.287. The number of ether oxygens (including phenoxy) is 1. The number of carbonyl (C=O) groups is 1. The molecule has 0 atom stereocenters. The molecular weight excluding hydrogens is 224 g/mol. The summed E-state index contributed by atoms with van der Waals surface area (Å²) in [7, 11) is 1.42. The highest BCUT2D eigenvalue weighted by molar-refractivity contribution is 9.10. The van der Waals surface area contributed by atoms with Gasteiger partial charge in [0.25, 0.3) is 0 Å². The van der Waals surface area contributed by atoms with Crippen LogP contribution in [0, 0.1) is 0 Å². The molecule has 0 bridgehead atoms. The van der Waals surface area contributed by atoms with Gasteiger partial charge in [0, 0.05) is 5.56 Å². The maximum atomic E-state index is 10.4. The molecule has 0 heterocycles. The second-order valence-corrected chi connectivity index (χ2v) is 2.93. The first-order valence-electron chi connectivity index (χ1n) is 3.21. The first-order valence-corrected chi connectivity index (χ1v) is 4.00. The number of aldehydes is 1. The smallest absolute Gasteiger partial charge is 0.175 e. The first kappa shape index (κ1) is 9.06. The highest BCUT2D eigenvalue weighted by atomic mass is 79.9. The van der Waals surface area contributed by atoms with Crippen LogP contribution in [0.5, 0.6) is 11.5 Å². The lowest BCUT2D eigenvalue weighted by molar-refractivity contribution is 0.112. The molecule has 0 radical (unpaired) electrons. The third-order valence-corrected chi connectivity index (χ3v) is 2.26. The van der Waals surface area contributed by atoms with E-state index < -0.39 is 0 Å². The Morgan fingerprint density at radius 3 is 2.75 bits per heavy atom. The minimum atomic E-state index is 0.00924. The fourth-order valence-corrected chi connectivity index (χ4v) is 1.44. The maximum absolute atomic E-state index is 10.4. The van der Waals surface area contributed by atoms with Crippen LogP contribution >= 0.6 is 15.9 Å². The monoisotopic (exact) mass is 230 g/mol. The quantitative estimate of drug-likeness (QED) is 0.791. The van der Waals surface area contributed by atoms with Gasteiger partial charge < -0.3 is 9.84 Å². The number of phenols is 1. The van der Waals surface area contributed by atoms with E-state index >= 15 is 0 Å². The van der Waals surface area contributed by atoms with Gasteiger partial charge in [0.05, 0.1) is 11.6 Å². The zero-order chi connectivity index (χ0) is 9.14.